The largest absolute Gasteiger partial charge is 0.357 e. The van der Waals surface area contributed by atoms with Crippen molar-refractivity contribution in [3.8, 4) is 0 Å². The monoisotopic (exact) mass is 388 g/mol. The highest BCUT2D eigenvalue weighted by atomic mass is 32.2. The third kappa shape index (κ3) is 6.40. The topological polar surface area (TPSA) is 49.4 Å². The number of benzene rings is 2. The quantitative estimate of drug-likeness (QED) is 0.664. The van der Waals surface area contributed by atoms with Crippen LogP contribution in [0.25, 0.3) is 0 Å². The molecule has 1 atom stereocenters. The molecule has 0 radical (unpaired) electrons. The summed E-state index contributed by atoms with van der Waals surface area (Å²) in [5, 5.41) is 2.63. The molecule has 0 saturated carbocycles. The van der Waals surface area contributed by atoms with Crippen LogP contribution in [0, 0.1) is 5.82 Å². The minimum Gasteiger partial charge on any atom is -0.357 e. The van der Waals surface area contributed by atoms with Crippen molar-refractivity contribution in [3.63, 3.8) is 0 Å². The molecule has 1 N–H and O–H groups in total. The SMILES string of the molecule is CCC(C(=O)NC)N(Cc1ccc(F)cc1)C(=O)CCSc1ccccc1. The number of rotatable bonds is 9. The molecular formula is C21H25FN2O2S. The second-order valence-electron chi connectivity index (χ2n) is 6.10. The summed E-state index contributed by atoms with van der Waals surface area (Å²) in [7, 11) is 1.57. The molecule has 27 heavy (non-hydrogen) atoms. The van der Waals surface area contributed by atoms with Gasteiger partial charge in [-0.2, -0.15) is 0 Å². The number of likely N-dealkylation sites (N-methyl/N-ethyl adjacent to an activating group) is 1. The number of carbonyl (C=O) groups is 2. The van der Waals surface area contributed by atoms with Crippen molar-refractivity contribution < 1.29 is 14.0 Å². The predicted octanol–water partition coefficient (Wildman–Crippen LogP) is 3.86. The number of carbonyl (C=O) groups excluding carboxylic acids is 2. The molecule has 0 aromatic heterocycles. The van der Waals surface area contributed by atoms with E-state index < -0.39 is 6.04 Å². The van der Waals surface area contributed by atoms with E-state index in [9.17, 15) is 14.0 Å². The minimum atomic E-state index is -0.547. The fraction of sp³-hybridized carbons (Fsp3) is 0.333. The first kappa shape index (κ1) is 21.0. The Bertz CT molecular complexity index is 738. The average Bonchev–Trinajstić information content (AvgIpc) is 2.69. The van der Waals surface area contributed by atoms with E-state index in [0.29, 0.717) is 18.6 Å². The molecule has 2 aromatic carbocycles. The maximum atomic E-state index is 13.2. The zero-order chi connectivity index (χ0) is 19.6. The van der Waals surface area contributed by atoms with Gasteiger partial charge in [0.25, 0.3) is 0 Å². The van der Waals surface area contributed by atoms with Crippen LogP contribution in [0.4, 0.5) is 4.39 Å². The van der Waals surface area contributed by atoms with Gasteiger partial charge in [-0.25, -0.2) is 4.39 Å². The maximum absolute atomic E-state index is 13.2. The molecule has 0 aliphatic rings. The van der Waals surface area contributed by atoms with Crippen molar-refractivity contribution >= 4 is 23.6 Å². The zero-order valence-corrected chi connectivity index (χ0v) is 16.5. The van der Waals surface area contributed by atoms with Crippen LogP contribution in [0.15, 0.2) is 59.5 Å². The first-order valence-electron chi connectivity index (χ1n) is 8.98. The van der Waals surface area contributed by atoms with Gasteiger partial charge in [0.15, 0.2) is 0 Å². The number of hydrogen-bond donors (Lipinski definition) is 1. The van der Waals surface area contributed by atoms with Crippen LogP contribution in [-0.4, -0.2) is 35.6 Å². The summed E-state index contributed by atoms with van der Waals surface area (Å²) in [5.74, 6) is 0.0311. The molecule has 6 heteroatoms. The van der Waals surface area contributed by atoms with Gasteiger partial charge in [-0.15, -0.1) is 11.8 Å². The summed E-state index contributed by atoms with van der Waals surface area (Å²) in [6.45, 7) is 2.16. The van der Waals surface area contributed by atoms with Crippen LogP contribution in [0.5, 0.6) is 0 Å². The standard InChI is InChI=1S/C21H25FN2O2S/c1-3-19(21(26)23-2)24(15-16-9-11-17(22)12-10-16)20(25)13-14-27-18-7-5-4-6-8-18/h4-12,19H,3,13-15H2,1-2H3,(H,23,26). The number of nitrogens with zero attached hydrogens (tertiary/aromatic N) is 1. The second kappa shape index (κ2) is 10.7. The number of amides is 2. The van der Waals surface area contributed by atoms with E-state index in [0.717, 1.165) is 10.5 Å². The predicted molar refractivity (Wildman–Crippen MR) is 107 cm³/mol. The Hall–Kier alpha value is -2.34. The maximum Gasteiger partial charge on any atom is 0.242 e. The van der Waals surface area contributed by atoms with Gasteiger partial charge < -0.3 is 10.2 Å². The van der Waals surface area contributed by atoms with Gasteiger partial charge in [0.1, 0.15) is 11.9 Å². The van der Waals surface area contributed by atoms with E-state index in [1.807, 2.05) is 37.3 Å². The summed E-state index contributed by atoms with van der Waals surface area (Å²) in [6, 6.07) is 15.4. The highest BCUT2D eigenvalue weighted by Gasteiger charge is 2.27. The van der Waals surface area contributed by atoms with Gasteiger partial charge >= 0.3 is 0 Å². The summed E-state index contributed by atoms with van der Waals surface area (Å²) in [6.07, 6.45) is 0.840. The Morgan fingerprint density at radius 3 is 2.37 bits per heavy atom. The molecule has 4 nitrogen and oxygen atoms in total. The van der Waals surface area contributed by atoms with Crippen LogP contribution in [0.2, 0.25) is 0 Å². The summed E-state index contributed by atoms with van der Waals surface area (Å²) >= 11 is 1.61. The minimum absolute atomic E-state index is 0.0850. The molecule has 0 heterocycles. The number of thioether (sulfide) groups is 1. The van der Waals surface area contributed by atoms with E-state index in [4.69, 9.17) is 0 Å². The molecule has 2 aromatic rings. The van der Waals surface area contributed by atoms with E-state index in [-0.39, 0.29) is 24.2 Å². The Labute approximate surface area is 164 Å². The number of hydrogen-bond acceptors (Lipinski definition) is 3. The normalized spacial score (nSPS) is 11.7. The van der Waals surface area contributed by atoms with E-state index in [2.05, 4.69) is 5.32 Å². The van der Waals surface area contributed by atoms with Gasteiger partial charge in [-0.3, -0.25) is 9.59 Å². The lowest BCUT2D eigenvalue weighted by molar-refractivity contribution is -0.140. The van der Waals surface area contributed by atoms with Crippen LogP contribution in [0.1, 0.15) is 25.3 Å². The highest BCUT2D eigenvalue weighted by molar-refractivity contribution is 7.99. The van der Waals surface area contributed by atoms with Crippen molar-refractivity contribution in [3.05, 3.63) is 66.0 Å². The first-order chi connectivity index (χ1) is 13.0. The molecule has 2 amide bonds. The highest BCUT2D eigenvalue weighted by Crippen LogP contribution is 2.20. The molecule has 1 unspecified atom stereocenters. The van der Waals surface area contributed by atoms with E-state index >= 15 is 0 Å². The lowest BCUT2D eigenvalue weighted by Crippen LogP contribution is -2.48. The summed E-state index contributed by atoms with van der Waals surface area (Å²) in [4.78, 5) is 27.8. The van der Waals surface area contributed by atoms with Crippen molar-refractivity contribution in [2.24, 2.45) is 0 Å². The smallest absolute Gasteiger partial charge is 0.242 e. The first-order valence-corrected chi connectivity index (χ1v) is 9.97. The second-order valence-corrected chi connectivity index (χ2v) is 7.27. The lowest BCUT2D eigenvalue weighted by Gasteiger charge is -2.30. The molecule has 0 spiro atoms. The number of nitrogens with one attached hydrogen (secondary N) is 1. The van der Waals surface area contributed by atoms with Crippen LogP contribution >= 0.6 is 11.8 Å². The third-order valence-electron chi connectivity index (χ3n) is 4.23. The Morgan fingerprint density at radius 2 is 1.78 bits per heavy atom. The van der Waals surface area contributed by atoms with Gasteiger partial charge in [0.2, 0.25) is 11.8 Å². The molecule has 0 fully saturated rings. The lowest BCUT2D eigenvalue weighted by atomic mass is 10.1. The molecule has 2 rings (SSSR count). The van der Waals surface area contributed by atoms with Crippen LogP contribution < -0.4 is 5.32 Å². The Morgan fingerprint density at radius 1 is 1.11 bits per heavy atom. The fourth-order valence-corrected chi connectivity index (χ4v) is 3.65. The van der Waals surface area contributed by atoms with Crippen molar-refractivity contribution in [1.29, 1.82) is 0 Å². The van der Waals surface area contributed by atoms with Crippen molar-refractivity contribution in [2.75, 3.05) is 12.8 Å². The van der Waals surface area contributed by atoms with Crippen LogP contribution in [-0.2, 0) is 16.1 Å². The van der Waals surface area contributed by atoms with E-state index in [1.54, 1.807) is 35.8 Å². The summed E-state index contributed by atoms with van der Waals surface area (Å²) < 4.78 is 13.2. The molecule has 144 valence electrons. The van der Waals surface area contributed by atoms with E-state index in [1.165, 1.54) is 12.1 Å². The third-order valence-corrected chi connectivity index (χ3v) is 5.24. The van der Waals surface area contributed by atoms with Gasteiger partial charge in [-0.05, 0) is 36.2 Å². The fourth-order valence-electron chi connectivity index (χ4n) is 2.79. The number of halogens is 1. The Kier molecular flexibility index (Phi) is 8.33. The molecular weight excluding hydrogens is 363 g/mol. The molecule has 0 saturated heterocycles. The van der Waals surface area contributed by atoms with Crippen molar-refractivity contribution in [1.82, 2.24) is 10.2 Å². The van der Waals surface area contributed by atoms with Crippen LogP contribution in [0.3, 0.4) is 0 Å². The van der Waals surface area contributed by atoms with Gasteiger partial charge in [-0.1, -0.05) is 37.3 Å². The Balaban J connectivity index is 2.08. The molecule has 0 aliphatic heterocycles. The molecule has 0 aliphatic carbocycles. The van der Waals surface area contributed by atoms with Gasteiger partial charge in [0.05, 0.1) is 0 Å². The van der Waals surface area contributed by atoms with Gasteiger partial charge in [0, 0.05) is 30.7 Å². The summed E-state index contributed by atoms with van der Waals surface area (Å²) in [5.41, 5.74) is 0.794. The van der Waals surface area contributed by atoms with Crippen molar-refractivity contribution in [2.45, 2.75) is 37.2 Å². The zero-order valence-electron chi connectivity index (χ0n) is 15.7. The average molecular weight is 389 g/mol. The molecule has 0 bridgehead atoms.